The van der Waals surface area contributed by atoms with Gasteiger partial charge in [0.15, 0.2) is 11.2 Å². The van der Waals surface area contributed by atoms with Crippen molar-refractivity contribution in [1.82, 2.24) is 25.0 Å². The minimum absolute atomic E-state index is 0.125. The lowest BCUT2D eigenvalue weighted by Gasteiger charge is -2.12. The summed E-state index contributed by atoms with van der Waals surface area (Å²) >= 11 is 0. The van der Waals surface area contributed by atoms with E-state index < -0.39 is 0 Å². The average molecular weight is 258 g/mol. The number of anilines is 1. The van der Waals surface area contributed by atoms with Crippen molar-refractivity contribution in [2.45, 2.75) is 13.0 Å². The Morgan fingerprint density at radius 1 is 1.26 bits per heavy atom. The second-order valence-electron chi connectivity index (χ2n) is 4.20. The Kier molecular flexibility index (Phi) is 2.59. The summed E-state index contributed by atoms with van der Waals surface area (Å²) in [6.45, 7) is 1.93. The number of halogens is 1. The van der Waals surface area contributed by atoms with Crippen LogP contribution in [0.25, 0.3) is 11.2 Å². The van der Waals surface area contributed by atoms with Gasteiger partial charge < -0.3 is 5.73 Å². The summed E-state index contributed by atoms with van der Waals surface area (Å²) < 4.78 is 14.6. The van der Waals surface area contributed by atoms with Gasteiger partial charge in [0.25, 0.3) is 0 Å². The van der Waals surface area contributed by atoms with Crippen LogP contribution in [0.3, 0.4) is 0 Å². The Hall–Kier alpha value is -2.57. The van der Waals surface area contributed by atoms with E-state index in [1.165, 1.54) is 18.3 Å². The lowest BCUT2D eigenvalue weighted by molar-refractivity contribution is 0.553. The molecule has 1 atom stereocenters. The highest BCUT2D eigenvalue weighted by atomic mass is 19.1. The standard InChI is InChI=1S/C12H11FN6/c1-7(8-2-4-9(13)5-3-8)19-11-10(17-18-19)6-15-12(14)16-11/h2-7H,1H3,(H2,14,15,16)/t7-/m0/s1. The molecule has 3 aromatic rings. The zero-order valence-corrected chi connectivity index (χ0v) is 10.2. The van der Waals surface area contributed by atoms with Gasteiger partial charge in [-0.2, -0.15) is 4.98 Å². The molecule has 0 aliphatic rings. The topological polar surface area (TPSA) is 82.5 Å². The predicted molar refractivity (Wildman–Crippen MR) is 67.7 cm³/mol. The van der Waals surface area contributed by atoms with E-state index in [4.69, 9.17) is 5.73 Å². The molecular weight excluding hydrogens is 247 g/mol. The fourth-order valence-corrected chi connectivity index (χ4v) is 1.90. The first-order valence-electron chi connectivity index (χ1n) is 5.74. The van der Waals surface area contributed by atoms with Crippen LogP contribution in [0.4, 0.5) is 10.3 Å². The van der Waals surface area contributed by atoms with Crippen molar-refractivity contribution in [3.05, 3.63) is 41.8 Å². The molecule has 6 nitrogen and oxygen atoms in total. The molecular formula is C12H11FN6. The summed E-state index contributed by atoms with van der Waals surface area (Å²) in [4.78, 5) is 8.00. The molecule has 1 aromatic carbocycles. The van der Waals surface area contributed by atoms with Crippen molar-refractivity contribution in [1.29, 1.82) is 0 Å². The molecule has 0 fully saturated rings. The van der Waals surface area contributed by atoms with Gasteiger partial charge in [-0.05, 0) is 24.6 Å². The van der Waals surface area contributed by atoms with Crippen LogP contribution in [-0.2, 0) is 0 Å². The Labute approximate surface area is 108 Å². The van der Waals surface area contributed by atoms with Crippen LogP contribution in [0.1, 0.15) is 18.5 Å². The fourth-order valence-electron chi connectivity index (χ4n) is 1.90. The molecule has 3 rings (SSSR count). The van der Waals surface area contributed by atoms with Gasteiger partial charge in [0.05, 0.1) is 12.2 Å². The number of fused-ring (bicyclic) bond motifs is 1. The van der Waals surface area contributed by atoms with E-state index in [9.17, 15) is 4.39 Å². The quantitative estimate of drug-likeness (QED) is 0.754. The summed E-state index contributed by atoms with van der Waals surface area (Å²) in [6.07, 6.45) is 1.53. The maximum atomic E-state index is 12.9. The van der Waals surface area contributed by atoms with Crippen LogP contribution in [0.5, 0.6) is 0 Å². The second-order valence-corrected chi connectivity index (χ2v) is 4.20. The molecule has 2 heterocycles. The maximum absolute atomic E-state index is 12.9. The van der Waals surface area contributed by atoms with Gasteiger partial charge in [-0.25, -0.2) is 14.1 Å². The summed E-state index contributed by atoms with van der Waals surface area (Å²) in [7, 11) is 0. The lowest BCUT2D eigenvalue weighted by Crippen LogP contribution is -2.10. The van der Waals surface area contributed by atoms with Crippen molar-refractivity contribution in [3.8, 4) is 0 Å². The predicted octanol–water partition coefficient (Wildman–Crippen LogP) is 1.55. The van der Waals surface area contributed by atoms with Crippen molar-refractivity contribution in [3.63, 3.8) is 0 Å². The van der Waals surface area contributed by atoms with E-state index in [0.717, 1.165) is 5.56 Å². The van der Waals surface area contributed by atoms with Crippen molar-refractivity contribution < 1.29 is 4.39 Å². The van der Waals surface area contributed by atoms with E-state index >= 15 is 0 Å². The number of nitrogens with zero attached hydrogens (tertiary/aromatic N) is 5. The lowest BCUT2D eigenvalue weighted by atomic mass is 10.1. The van der Waals surface area contributed by atoms with Crippen LogP contribution >= 0.6 is 0 Å². The molecule has 7 heteroatoms. The van der Waals surface area contributed by atoms with E-state index in [2.05, 4.69) is 20.3 Å². The van der Waals surface area contributed by atoms with Gasteiger partial charge in [-0.3, -0.25) is 0 Å². The molecule has 0 unspecified atom stereocenters. The van der Waals surface area contributed by atoms with Crippen LogP contribution in [0.15, 0.2) is 30.5 Å². The Morgan fingerprint density at radius 3 is 2.74 bits per heavy atom. The van der Waals surface area contributed by atoms with E-state index in [-0.39, 0.29) is 17.8 Å². The minimum Gasteiger partial charge on any atom is -0.368 e. The molecule has 96 valence electrons. The highest BCUT2D eigenvalue weighted by Gasteiger charge is 2.14. The SMILES string of the molecule is C[C@@H](c1ccc(F)cc1)n1nnc2cnc(N)nc21. The summed E-state index contributed by atoms with van der Waals surface area (Å²) in [6, 6.07) is 6.11. The second kappa shape index (κ2) is 4.27. The zero-order valence-electron chi connectivity index (χ0n) is 10.2. The van der Waals surface area contributed by atoms with Crippen molar-refractivity contribution in [2.75, 3.05) is 5.73 Å². The summed E-state index contributed by atoms with van der Waals surface area (Å²) in [5.74, 6) is -0.103. The van der Waals surface area contributed by atoms with E-state index in [1.807, 2.05) is 6.92 Å². The molecule has 2 aromatic heterocycles. The molecule has 0 bridgehead atoms. The van der Waals surface area contributed by atoms with Crippen molar-refractivity contribution in [2.24, 2.45) is 0 Å². The van der Waals surface area contributed by atoms with Gasteiger partial charge in [0.2, 0.25) is 5.95 Å². The first-order valence-corrected chi connectivity index (χ1v) is 5.74. The Bertz CT molecular complexity index is 721. The number of hydrogen-bond donors (Lipinski definition) is 1. The number of benzene rings is 1. The third kappa shape index (κ3) is 1.99. The van der Waals surface area contributed by atoms with Gasteiger partial charge in [-0.15, -0.1) is 5.10 Å². The normalized spacial score (nSPS) is 12.7. The monoisotopic (exact) mass is 258 g/mol. The Balaban J connectivity index is 2.08. The van der Waals surface area contributed by atoms with Crippen molar-refractivity contribution >= 4 is 17.1 Å². The van der Waals surface area contributed by atoms with E-state index in [0.29, 0.717) is 11.2 Å². The highest BCUT2D eigenvalue weighted by molar-refractivity contribution is 5.69. The average Bonchev–Trinajstić information content (AvgIpc) is 2.81. The number of rotatable bonds is 2. The fraction of sp³-hybridized carbons (Fsp3) is 0.167. The molecule has 0 spiro atoms. The highest BCUT2D eigenvalue weighted by Crippen LogP contribution is 2.20. The van der Waals surface area contributed by atoms with Gasteiger partial charge in [-0.1, -0.05) is 17.3 Å². The number of nitrogen functional groups attached to an aromatic ring is 1. The molecule has 0 radical (unpaired) electrons. The summed E-state index contributed by atoms with van der Waals surface area (Å²) in [5.41, 5.74) is 7.61. The zero-order chi connectivity index (χ0) is 13.4. The van der Waals surface area contributed by atoms with Gasteiger partial charge in [0.1, 0.15) is 5.82 Å². The van der Waals surface area contributed by atoms with Gasteiger partial charge in [0, 0.05) is 0 Å². The molecule has 2 N–H and O–H groups in total. The van der Waals surface area contributed by atoms with Crippen LogP contribution in [-0.4, -0.2) is 25.0 Å². The van der Waals surface area contributed by atoms with Crippen LogP contribution in [0, 0.1) is 5.82 Å². The van der Waals surface area contributed by atoms with Crippen LogP contribution < -0.4 is 5.73 Å². The first-order chi connectivity index (χ1) is 9.15. The number of hydrogen-bond acceptors (Lipinski definition) is 5. The molecule has 0 saturated heterocycles. The molecule has 0 amide bonds. The van der Waals surface area contributed by atoms with Gasteiger partial charge >= 0.3 is 0 Å². The third-order valence-electron chi connectivity index (χ3n) is 2.95. The van der Waals surface area contributed by atoms with Crippen LogP contribution in [0.2, 0.25) is 0 Å². The molecule has 0 aliphatic heterocycles. The molecule has 0 saturated carbocycles. The van der Waals surface area contributed by atoms with E-state index in [1.54, 1.807) is 16.8 Å². The largest absolute Gasteiger partial charge is 0.368 e. The summed E-state index contributed by atoms with van der Waals surface area (Å²) in [5, 5.41) is 8.03. The number of nitrogens with two attached hydrogens (primary N) is 1. The maximum Gasteiger partial charge on any atom is 0.222 e. The Morgan fingerprint density at radius 2 is 2.00 bits per heavy atom. The first kappa shape index (κ1) is 11.5. The number of aromatic nitrogens is 5. The molecule has 19 heavy (non-hydrogen) atoms. The molecule has 0 aliphatic carbocycles. The third-order valence-corrected chi connectivity index (χ3v) is 2.95. The smallest absolute Gasteiger partial charge is 0.222 e. The minimum atomic E-state index is -0.272.